The zero-order valence-electron chi connectivity index (χ0n) is 13.6. The average Bonchev–Trinajstić information content (AvgIpc) is 2.26. The zero-order valence-corrected chi connectivity index (χ0v) is 16.7. The Morgan fingerprint density at radius 1 is 1.24 bits per heavy atom. The van der Waals surface area contributed by atoms with E-state index in [-0.39, 0.29) is 36.3 Å². The summed E-state index contributed by atoms with van der Waals surface area (Å²) in [5, 5.41) is 11.3. The maximum absolute atomic E-state index is 10.9. The normalized spacial score (nSPS) is 13.7. The fraction of sp³-hybridized carbons (Fsp3) is 0.923. The summed E-state index contributed by atoms with van der Waals surface area (Å²) in [6, 6.07) is 0.307. The number of halogens is 1. The van der Waals surface area contributed by atoms with Crippen molar-refractivity contribution in [3.63, 3.8) is 0 Å². The van der Waals surface area contributed by atoms with Gasteiger partial charge in [-0.3, -0.25) is 4.99 Å². The summed E-state index contributed by atoms with van der Waals surface area (Å²) in [5.41, 5.74) is 0. The molecule has 0 aliphatic heterocycles. The predicted molar refractivity (Wildman–Crippen MR) is 101 cm³/mol. The van der Waals surface area contributed by atoms with Crippen LogP contribution in [0.2, 0.25) is 0 Å². The summed E-state index contributed by atoms with van der Waals surface area (Å²) in [4.78, 5) is 4.22. The molecule has 128 valence electrons. The van der Waals surface area contributed by atoms with E-state index in [1.165, 1.54) is 12.8 Å². The number of rotatable bonds is 9. The Morgan fingerprint density at radius 2 is 1.86 bits per heavy atom. The van der Waals surface area contributed by atoms with Crippen LogP contribution in [0.5, 0.6) is 0 Å². The van der Waals surface area contributed by atoms with Gasteiger partial charge in [-0.25, -0.2) is 13.6 Å². The first-order valence-electron chi connectivity index (χ1n) is 7.30. The number of aliphatic imine (C=N–C) groups is 1. The van der Waals surface area contributed by atoms with E-state index >= 15 is 0 Å². The minimum Gasteiger partial charge on any atom is -0.357 e. The molecule has 0 aromatic rings. The van der Waals surface area contributed by atoms with Crippen LogP contribution in [0.15, 0.2) is 4.99 Å². The van der Waals surface area contributed by atoms with Gasteiger partial charge in [-0.2, -0.15) is 0 Å². The van der Waals surface area contributed by atoms with Gasteiger partial charge in [0.25, 0.3) is 0 Å². The minimum atomic E-state index is -3.45. The standard InChI is InChI=1S/C13H30N4O2S.HI/c1-5-15-13(16-9-10-20(14,18)19)17-12(4)8-6-7-11(2)3;/h11-12H,5-10H2,1-4H3,(H2,14,18,19)(H2,15,16,17);1H. The van der Waals surface area contributed by atoms with Gasteiger partial charge in [0.2, 0.25) is 10.0 Å². The number of sulfonamides is 1. The van der Waals surface area contributed by atoms with E-state index in [0.717, 1.165) is 18.9 Å². The smallest absolute Gasteiger partial charge is 0.210 e. The number of nitrogens with two attached hydrogens (primary N) is 1. The van der Waals surface area contributed by atoms with Gasteiger partial charge < -0.3 is 10.6 Å². The molecule has 0 spiro atoms. The van der Waals surface area contributed by atoms with Crippen molar-refractivity contribution in [2.45, 2.75) is 53.0 Å². The molecule has 4 N–H and O–H groups in total. The zero-order chi connectivity index (χ0) is 15.6. The molecule has 0 bridgehead atoms. The van der Waals surface area contributed by atoms with Gasteiger partial charge in [0.1, 0.15) is 0 Å². The van der Waals surface area contributed by atoms with Crippen molar-refractivity contribution in [3.8, 4) is 0 Å². The van der Waals surface area contributed by atoms with E-state index < -0.39 is 10.0 Å². The molecule has 0 heterocycles. The van der Waals surface area contributed by atoms with Crippen LogP contribution >= 0.6 is 24.0 Å². The topological polar surface area (TPSA) is 96.6 Å². The highest BCUT2D eigenvalue weighted by atomic mass is 127. The van der Waals surface area contributed by atoms with Crippen LogP contribution in [0.3, 0.4) is 0 Å². The van der Waals surface area contributed by atoms with Crippen LogP contribution in [0, 0.1) is 5.92 Å². The Morgan fingerprint density at radius 3 is 2.33 bits per heavy atom. The number of hydrogen-bond acceptors (Lipinski definition) is 3. The SMILES string of the molecule is CCNC(=NCCS(N)(=O)=O)NC(C)CCCC(C)C.I. The molecule has 21 heavy (non-hydrogen) atoms. The predicted octanol–water partition coefficient (Wildman–Crippen LogP) is 1.66. The van der Waals surface area contributed by atoms with Crippen molar-refractivity contribution >= 4 is 40.0 Å². The minimum absolute atomic E-state index is 0. The number of primary sulfonamides is 1. The van der Waals surface area contributed by atoms with Crippen LogP contribution in [-0.4, -0.2) is 39.3 Å². The Balaban J connectivity index is 0. The molecule has 0 fully saturated rings. The summed E-state index contributed by atoms with van der Waals surface area (Å²) in [6.07, 6.45) is 3.45. The summed E-state index contributed by atoms with van der Waals surface area (Å²) >= 11 is 0. The van der Waals surface area contributed by atoms with Crippen LogP contribution in [-0.2, 0) is 10.0 Å². The first-order valence-corrected chi connectivity index (χ1v) is 9.01. The largest absolute Gasteiger partial charge is 0.357 e. The lowest BCUT2D eigenvalue weighted by Crippen LogP contribution is -2.42. The van der Waals surface area contributed by atoms with E-state index in [4.69, 9.17) is 5.14 Å². The van der Waals surface area contributed by atoms with E-state index in [1.807, 2.05) is 6.92 Å². The molecule has 0 aliphatic carbocycles. The Bertz CT molecular complexity index is 386. The highest BCUT2D eigenvalue weighted by molar-refractivity contribution is 14.0. The van der Waals surface area contributed by atoms with Crippen molar-refractivity contribution in [2.24, 2.45) is 16.0 Å². The second-order valence-corrected chi connectivity index (χ2v) is 7.23. The van der Waals surface area contributed by atoms with Crippen molar-refractivity contribution in [3.05, 3.63) is 0 Å². The highest BCUT2D eigenvalue weighted by Gasteiger charge is 2.06. The fourth-order valence-electron chi connectivity index (χ4n) is 1.74. The second-order valence-electron chi connectivity index (χ2n) is 5.50. The first-order chi connectivity index (χ1) is 9.24. The van der Waals surface area contributed by atoms with E-state index in [1.54, 1.807) is 0 Å². The van der Waals surface area contributed by atoms with Gasteiger partial charge in [-0.1, -0.05) is 26.7 Å². The third-order valence-corrected chi connectivity index (χ3v) is 3.54. The molecule has 6 nitrogen and oxygen atoms in total. The van der Waals surface area contributed by atoms with Gasteiger partial charge in [-0.15, -0.1) is 24.0 Å². The number of guanidine groups is 1. The highest BCUT2D eigenvalue weighted by Crippen LogP contribution is 2.08. The van der Waals surface area contributed by atoms with Crippen molar-refractivity contribution in [1.29, 1.82) is 0 Å². The van der Waals surface area contributed by atoms with Gasteiger partial charge >= 0.3 is 0 Å². The Kier molecular flexibility index (Phi) is 13.7. The van der Waals surface area contributed by atoms with Crippen molar-refractivity contribution < 1.29 is 8.42 Å². The average molecular weight is 434 g/mol. The van der Waals surface area contributed by atoms with Gasteiger partial charge in [0.15, 0.2) is 5.96 Å². The molecule has 0 saturated heterocycles. The Labute approximate surface area is 146 Å². The lowest BCUT2D eigenvalue weighted by molar-refractivity contribution is 0.491. The van der Waals surface area contributed by atoms with Crippen LogP contribution < -0.4 is 15.8 Å². The van der Waals surface area contributed by atoms with Crippen molar-refractivity contribution in [2.75, 3.05) is 18.8 Å². The molecular weight excluding hydrogens is 403 g/mol. The molecule has 0 saturated carbocycles. The van der Waals surface area contributed by atoms with Crippen LogP contribution in [0.25, 0.3) is 0 Å². The molecule has 0 aliphatic rings. The molecule has 1 atom stereocenters. The molecule has 0 aromatic heterocycles. The second kappa shape index (κ2) is 12.5. The van der Waals surface area contributed by atoms with Crippen LogP contribution in [0.1, 0.15) is 47.0 Å². The summed E-state index contributed by atoms with van der Waals surface area (Å²) < 4.78 is 21.7. The molecule has 0 aromatic carbocycles. The lowest BCUT2D eigenvalue weighted by Gasteiger charge is -2.18. The van der Waals surface area contributed by atoms with E-state index in [0.29, 0.717) is 12.0 Å². The van der Waals surface area contributed by atoms with Gasteiger partial charge in [0, 0.05) is 12.6 Å². The molecular formula is C13H31IN4O2S. The summed E-state index contributed by atoms with van der Waals surface area (Å²) in [7, 11) is -3.45. The monoisotopic (exact) mass is 434 g/mol. The maximum Gasteiger partial charge on any atom is 0.210 e. The molecule has 8 heteroatoms. The molecule has 0 amide bonds. The van der Waals surface area contributed by atoms with Crippen LogP contribution in [0.4, 0.5) is 0 Å². The third-order valence-electron chi connectivity index (χ3n) is 2.79. The quantitative estimate of drug-likeness (QED) is 0.292. The molecule has 1 unspecified atom stereocenters. The van der Waals surface area contributed by atoms with Gasteiger partial charge in [0.05, 0.1) is 12.3 Å². The number of nitrogens with one attached hydrogen (secondary N) is 2. The summed E-state index contributed by atoms with van der Waals surface area (Å²) in [5.74, 6) is 1.23. The molecule has 0 rings (SSSR count). The van der Waals surface area contributed by atoms with E-state index in [9.17, 15) is 8.42 Å². The third kappa shape index (κ3) is 16.1. The number of hydrogen-bond donors (Lipinski definition) is 3. The molecule has 0 radical (unpaired) electrons. The van der Waals surface area contributed by atoms with E-state index in [2.05, 4.69) is 36.4 Å². The first kappa shape index (κ1) is 23.2. The van der Waals surface area contributed by atoms with Gasteiger partial charge in [-0.05, 0) is 26.2 Å². The summed E-state index contributed by atoms with van der Waals surface area (Å²) in [6.45, 7) is 9.42. The fourth-order valence-corrected chi connectivity index (χ4v) is 2.09. The number of nitrogens with zero attached hydrogens (tertiary/aromatic N) is 1. The lowest BCUT2D eigenvalue weighted by atomic mass is 10.0. The maximum atomic E-state index is 10.9. The Hall–Kier alpha value is -0.0900. The van der Waals surface area contributed by atoms with Crippen molar-refractivity contribution in [1.82, 2.24) is 10.6 Å².